The molecule has 0 amide bonds. The summed E-state index contributed by atoms with van der Waals surface area (Å²) in [6.45, 7) is 3.80. The van der Waals surface area contributed by atoms with Gasteiger partial charge in [0, 0.05) is 6.42 Å². The van der Waals surface area contributed by atoms with E-state index in [9.17, 15) is 5.21 Å². The number of hydrogen-bond acceptors (Lipinski definition) is 5. The van der Waals surface area contributed by atoms with Gasteiger partial charge in [-0.05, 0) is 35.3 Å². The van der Waals surface area contributed by atoms with Crippen LogP contribution in [0.25, 0.3) is 11.1 Å². The van der Waals surface area contributed by atoms with E-state index in [-0.39, 0.29) is 6.10 Å². The molecule has 2 aromatic carbocycles. The number of hydrogen-bond donors (Lipinski definition) is 1. The van der Waals surface area contributed by atoms with Gasteiger partial charge in [0.2, 0.25) is 0 Å². The van der Waals surface area contributed by atoms with Crippen molar-refractivity contribution < 1.29 is 15.0 Å². The normalized spacial score (nSPS) is 20.7. The number of nitrogens with zero attached hydrogens (tertiary/aromatic N) is 1. The molecule has 3 rings (SSSR count). The summed E-state index contributed by atoms with van der Waals surface area (Å²) in [5.74, 6) is 0. The van der Waals surface area contributed by atoms with E-state index in [0.717, 1.165) is 16.7 Å². The summed E-state index contributed by atoms with van der Waals surface area (Å²) in [7, 11) is 0. The maximum atomic E-state index is 12.1. The van der Waals surface area contributed by atoms with Crippen molar-refractivity contribution >= 4 is 5.69 Å². The summed E-state index contributed by atoms with van der Waals surface area (Å²) in [4.78, 5) is 9.68. The Kier molecular flexibility index (Phi) is 4.73. The van der Waals surface area contributed by atoms with Crippen LogP contribution in [0.3, 0.4) is 0 Å². The third-order valence-corrected chi connectivity index (χ3v) is 3.98. The van der Waals surface area contributed by atoms with Crippen LogP contribution >= 0.6 is 0 Å². The van der Waals surface area contributed by atoms with Crippen LogP contribution in [-0.4, -0.2) is 17.5 Å². The molecule has 0 aliphatic heterocycles. The summed E-state index contributed by atoms with van der Waals surface area (Å²) in [5, 5.41) is 21.4. The van der Waals surface area contributed by atoms with Crippen LogP contribution in [0.2, 0.25) is 0 Å². The first-order valence-electron chi connectivity index (χ1n) is 7.45. The molecule has 1 saturated carbocycles. The molecule has 2 atom stereocenters. The summed E-state index contributed by atoms with van der Waals surface area (Å²) in [6, 6.07) is 17.1. The Bertz CT molecular complexity index is 656. The van der Waals surface area contributed by atoms with Crippen molar-refractivity contribution in [2.75, 3.05) is 5.23 Å². The van der Waals surface area contributed by atoms with Gasteiger partial charge in [-0.25, -0.2) is 4.89 Å². The molecule has 1 aliphatic carbocycles. The molecule has 120 valence electrons. The quantitative estimate of drug-likeness (QED) is 0.510. The molecule has 23 heavy (non-hydrogen) atoms. The first-order valence-corrected chi connectivity index (χ1v) is 7.45. The molecule has 0 radical (unpaired) electrons. The van der Waals surface area contributed by atoms with Crippen molar-refractivity contribution in [2.24, 2.45) is 0 Å². The van der Waals surface area contributed by atoms with Crippen LogP contribution in [0.4, 0.5) is 5.69 Å². The molecule has 1 aliphatic rings. The van der Waals surface area contributed by atoms with E-state index in [1.807, 2.05) is 42.5 Å². The summed E-state index contributed by atoms with van der Waals surface area (Å²) < 4.78 is 0. The van der Waals surface area contributed by atoms with Gasteiger partial charge in [0.1, 0.15) is 6.10 Å². The lowest BCUT2D eigenvalue weighted by Gasteiger charge is -2.32. The molecule has 0 spiro atoms. The van der Waals surface area contributed by atoms with Crippen molar-refractivity contribution in [1.29, 1.82) is 0 Å². The fourth-order valence-electron chi connectivity index (χ4n) is 2.71. The van der Waals surface area contributed by atoms with Crippen LogP contribution in [0.15, 0.2) is 66.7 Å². The van der Waals surface area contributed by atoms with Gasteiger partial charge in [-0.2, -0.15) is 0 Å². The van der Waals surface area contributed by atoms with Crippen molar-refractivity contribution in [3.05, 3.63) is 72.0 Å². The molecule has 2 aromatic rings. The minimum atomic E-state index is -0.464. The van der Waals surface area contributed by atoms with Crippen LogP contribution in [-0.2, 0) is 9.73 Å². The van der Waals surface area contributed by atoms with E-state index >= 15 is 0 Å². The minimum Gasteiger partial charge on any atom is -0.733 e. The molecule has 1 fully saturated rings. The average molecular weight is 312 g/mol. The number of rotatable bonds is 5. The second kappa shape index (κ2) is 6.93. The first kappa shape index (κ1) is 15.7. The van der Waals surface area contributed by atoms with Gasteiger partial charge in [0.15, 0.2) is 0 Å². The molecule has 1 N–H and O–H groups in total. The minimum absolute atomic E-state index is 0.342. The first-order chi connectivity index (χ1) is 11.2. The second-order valence-corrected chi connectivity index (χ2v) is 5.59. The van der Waals surface area contributed by atoms with Gasteiger partial charge < -0.3 is 10.4 Å². The lowest BCUT2D eigenvalue weighted by atomic mass is 10.1. The van der Waals surface area contributed by atoms with Crippen molar-refractivity contribution in [3.63, 3.8) is 0 Å². The SMILES string of the molecule is C=C1C[C@@H](ON([O-])c2ccc(-c3ccccc3)cc2)C[C@H]1OO. The molecular weight excluding hydrogens is 294 g/mol. The van der Waals surface area contributed by atoms with E-state index < -0.39 is 6.10 Å². The Morgan fingerprint density at radius 2 is 1.70 bits per heavy atom. The van der Waals surface area contributed by atoms with Gasteiger partial charge >= 0.3 is 0 Å². The largest absolute Gasteiger partial charge is 0.733 e. The molecule has 0 heterocycles. The predicted molar refractivity (Wildman–Crippen MR) is 88.5 cm³/mol. The number of benzene rings is 2. The molecule has 0 saturated heterocycles. The molecule has 0 aromatic heterocycles. The highest BCUT2D eigenvalue weighted by atomic mass is 17.1. The summed E-state index contributed by atoms with van der Waals surface area (Å²) >= 11 is 0. The molecule has 0 unspecified atom stereocenters. The Morgan fingerprint density at radius 3 is 2.30 bits per heavy atom. The molecule has 0 bridgehead atoms. The van der Waals surface area contributed by atoms with Gasteiger partial charge in [-0.1, -0.05) is 49.0 Å². The van der Waals surface area contributed by atoms with E-state index in [1.165, 1.54) is 0 Å². The van der Waals surface area contributed by atoms with Gasteiger partial charge in [0.25, 0.3) is 0 Å². The van der Waals surface area contributed by atoms with Crippen LogP contribution in [0.5, 0.6) is 0 Å². The van der Waals surface area contributed by atoms with Crippen molar-refractivity contribution in [3.8, 4) is 11.1 Å². The highest BCUT2D eigenvalue weighted by Crippen LogP contribution is 2.30. The maximum Gasteiger partial charge on any atom is 0.116 e. The number of anilines is 1. The predicted octanol–water partition coefficient (Wildman–Crippen LogP) is 4.17. The van der Waals surface area contributed by atoms with Gasteiger partial charge in [-0.3, -0.25) is 10.1 Å². The molecular formula is C18H18NO4-. The highest BCUT2D eigenvalue weighted by Gasteiger charge is 2.30. The average Bonchev–Trinajstić information content (AvgIpc) is 2.95. The molecule has 5 heteroatoms. The lowest BCUT2D eigenvalue weighted by Crippen LogP contribution is -2.23. The van der Waals surface area contributed by atoms with Crippen LogP contribution in [0.1, 0.15) is 12.8 Å². The Balaban J connectivity index is 1.64. The lowest BCUT2D eigenvalue weighted by molar-refractivity contribution is -0.268. The van der Waals surface area contributed by atoms with E-state index in [1.54, 1.807) is 12.1 Å². The van der Waals surface area contributed by atoms with Crippen LogP contribution < -0.4 is 5.23 Å². The third kappa shape index (κ3) is 3.60. The monoisotopic (exact) mass is 312 g/mol. The summed E-state index contributed by atoms with van der Waals surface area (Å²) in [5.41, 5.74) is 3.27. The van der Waals surface area contributed by atoms with Gasteiger partial charge in [0.05, 0.1) is 11.8 Å². The maximum absolute atomic E-state index is 12.1. The Labute approximate surface area is 134 Å². The van der Waals surface area contributed by atoms with Gasteiger partial charge in [-0.15, -0.1) is 0 Å². The smallest absolute Gasteiger partial charge is 0.116 e. The zero-order valence-electron chi connectivity index (χ0n) is 12.6. The Morgan fingerprint density at radius 1 is 1.04 bits per heavy atom. The van der Waals surface area contributed by atoms with E-state index in [0.29, 0.717) is 23.8 Å². The fraction of sp³-hybridized carbons (Fsp3) is 0.222. The van der Waals surface area contributed by atoms with E-state index in [2.05, 4.69) is 11.5 Å². The van der Waals surface area contributed by atoms with Crippen molar-refractivity contribution in [2.45, 2.75) is 25.0 Å². The van der Waals surface area contributed by atoms with Crippen LogP contribution in [0, 0.1) is 5.21 Å². The standard InChI is InChI=1S/C18H18NO4/c1-13-11-17(12-18(13)23-21)22-19(20)16-9-7-15(8-10-16)14-5-3-2-4-6-14/h2-10,17-18,21H,1,11-12H2/q-1/t17-,18-/m1/s1. The summed E-state index contributed by atoms with van der Waals surface area (Å²) in [6.07, 6.45) is 0.0993. The molecule has 5 nitrogen and oxygen atoms in total. The zero-order valence-corrected chi connectivity index (χ0v) is 12.6. The second-order valence-electron chi connectivity index (χ2n) is 5.59. The highest BCUT2D eigenvalue weighted by molar-refractivity contribution is 5.66. The Hall–Kier alpha value is -2.18. The fourth-order valence-corrected chi connectivity index (χ4v) is 2.71. The van der Waals surface area contributed by atoms with Crippen molar-refractivity contribution in [1.82, 2.24) is 0 Å². The topological polar surface area (TPSA) is 65.0 Å². The zero-order chi connectivity index (χ0) is 16.2. The van der Waals surface area contributed by atoms with E-state index in [4.69, 9.17) is 10.1 Å². The third-order valence-electron chi connectivity index (χ3n) is 3.98.